The fraction of sp³-hybridized carbons (Fsp3) is 0.333. The Labute approximate surface area is 69.0 Å². The van der Waals surface area contributed by atoms with Crippen LogP contribution in [-0.4, -0.2) is 16.2 Å². The summed E-state index contributed by atoms with van der Waals surface area (Å²) in [7, 11) is 0. The standard InChI is InChI=1S/C6H7ClN2S/c1-4-8-3-5(10-2)6(7)9-4/h3H,1-2H3. The highest BCUT2D eigenvalue weighted by Crippen LogP contribution is 2.21. The molecule has 0 saturated heterocycles. The third-order valence-electron chi connectivity index (χ3n) is 1.05. The van der Waals surface area contributed by atoms with Crippen molar-refractivity contribution in [3.05, 3.63) is 17.2 Å². The Bertz CT molecular complexity index is 239. The summed E-state index contributed by atoms with van der Waals surface area (Å²) >= 11 is 7.30. The first-order valence-corrected chi connectivity index (χ1v) is 4.37. The van der Waals surface area contributed by atoms with Crippen molar-refractivity contribution in [2.24, 2.45) is 0 Å². The van der Waals surface area contributed by atoms with E-state index >= 15 is 0 Å². The van der Waals surface area contributed by atoms with Crippen LogP contribution in [0.4, 0.5) is 0 Å². The van der Waals surface area contributed by atoms with Gasteiger partial charge in [-0.2, -0.15) is 0 Å². The average Bonchev–Trinajstić information content (AvgIpc) is 1.88. The topological polar surface area (TPSA) is 25.8 Å². The summed E-state index contributed by atoms with van der Waals surface area (Å²) in [4.78, 5) is 8.90. The van der Waals surface area contributed by atoms with Crippen LogP contribution in [0.5, 0.6) is 0 Å². The van der Waals surface area contributed by atoms with E-state index in [2.05, 4.69) is 9.97 Å². The molecule has 10 heavy (non-hydrogen) atoms. The fourth-order valence-electron chi connectivity index (χ4n) is 0.568. The first kappa shape index (κ1) is 7.82. The molecule has 1 heterocycles. The second-order valence-electron chi connectivity index (χ2n) is 1.78. The molecule has 0 atom stereocenters. The van der Waals surface area contributed by atoms with Gasteiger partial charge in [0.25, 0.3) is 0 Å². The third-order valence-corrected chi connectivity index (χ3v) is 2.19. The molecule has 0 saturated carbocycles. The summed E-state index contributed by atoms with van der Waals surface area (Å²) in [5.74, 6) is 0.711. The molecule has 54 valence electrons. The van der Waals surface area contributed by atoms with E-state index in [0.29, 0.717) is 11.0 Å². The average molecular weight is 175 g/mol. The van der Waals surface area contributed by atoms with Gasteiger partial charge in [-0.25, -0.2) is 9.97 Å². The highest BCUT2D eigenvalue weighted by molar-refractivity contribution is 7.98. The van der Waals surface area contributed by atoms with E-state index in [-0.39, 0.29) is 0 Å². The van der Waals surface area contributed by atoms with Gasteiger partial charge in [-0.3, -0.25) is 0 Å². The molecule has 4 heteroatoms. The van der Waals surface area contributed by atoms with E-state index in [1.807, 2.05) is 13.2 Å². The van der Waals surface area contributed by atoms with Crippen molar-refractivity contribution in [1.82, 2.24) is 9.97 Å². The Balaban J connectivity index is 3.07. The maximum Gasteiger partial charge on any atom is 0.146 e. The van der Waals surface area contributed by atoms with E-state index in [4.69, 9.17) is 11.6 Å². The van der Waals surface area contributed by atoms with E-state index in [9.17, 15) is 0 Å². The molecule has 0 aliphatic rings. The van der Waals surface area contributed by atoms with Gasteiger partial charge in [0, 0.05) is 6.20 Å². The predicted octanol–water partition coefficient (Wildman–Crippen LogP) is 2.16. The van der Waals surface area contributed by atoms with Crippen LogP contribution in [0.25, 0.3) is 0 Å². The van der Waals surface area contributed by atoms with Crippen molar-refractivity contribution >= 4 is 23.4 Å². The molecule has 1 aromatic heterocycles. The van der Waals surface area contributed by atoms with Gasteiger partial charge in [-0.1, -0.05) is 11.6 Å². The molecule has 0 aliphatic heterocycles. The summed E-state index contributed by atoms with van der Waals surface area (Å²) in [5.41, 5.74) is 0. The van der Waals surface area contributed by atoms with Crippen molar-refractivity contribution in [3.63, 3.8) is 0 Å². The third kappa shape index (κ3) is 1.61. The number of rotatable bonds is 1. The normalized spacial score (nSPS) is 9.90. The summed E-state index contributed by atoms with van der Waals surface area (Å²) in [6, 6.07) is 0. The maximum atomic E-state index is 5.76. The van der Waals surface area contributed by atoms with Gasteiger partial charge >= 0.3 is 0 Å². The van der Waals surface area contributed by atoms with Crippen LogP contribution in [0.2, 0.25) is 5.15 Å². The van der Waals surface area contributed by atoms with Crippen molar-refractivity contribution in [2.75, 3.05) is 6.26 Å². The summed E-state index contributed by atoms with van der Waals surface area (Å²) in [6.07, 6.45) is 3.68. The lowest BCUT2D eigenvalue weighted by molar-refractivity contribution is 1.01. The lowest BCUT2D eigenvalue weighted by atomic mass is 10.6. The molecule has 2 nitrogen and oxygen atoms in total. The minimum absolute atomic E-state index is 0.542. The second kappa shape index (κ2) is 3.21. The Morgan fingerprint density at radius 1 is 1.60 bits per heavy atom. The van der Waals surface area contributed by atoms with Gasteiger partial charge in [0.1, 0.15) is 11.0 Å². The number of nitrogens with zero attached hydrogens (tertiary/aromatic N) is 2. The van der Waals surface area contributed by atoms with Crippen LogP contribution < -0.4 is 0 Å². The summed E-state index contributed by atoms with van der Waals surface area (Å²) in [5, 5.41) is 0.542. The molecule has 0 N–H and O–H groups in total. The van der Waals surface area contributed by atoms with Crippen LogP contribution in [0.3, 0.4) is 0 Å². The van der Waals surface area contributed by atoms with Gasteiger partial charge < -0.3 is 0 Å². The van der Waals surface area contributed by atoms with E-state index in [1.165, 1.54) is 0 Å². The smallest absolute Gasteiger partial charge is 0.146 e. The molecular formula is C6H7ClN2S. The van der Waals surface area contributed by atoms with Crippen molar-refractivity contribution < 1.29 is 0 Å². The summed E-state index contributed by atoms with van der Waals surface area (Å²) in [6.45, 7) is 1.82. The minimum Gasteiger partial charge on any atom is -0.240 e. The van der Waals surface area contributed by atoms with Gasteiger partial charge in [0.15, 0.2) is 0 Å². The van der Waals surface area contributed by atoms with Gasteiger partial charge in [0.05, 0.1) is 4.90 Å². The number of hydrogen-bond acceptors (Lipinski definition) is 3. The van der Waals surface area contributed by atoms with Crippen molar-refractivity contribution in [3.8, 4) is 0 Å². The molecule has 0 amide bonds. The quantitative estimate of drug-likeness (QED) is 0.482. The number of halogens is 1. The number of thioether (sulfide) groups is 1. The largest absolute Gasteiger partial charge is 0.240 e. The first-order valence-electron chi connectivity index (χ1n) is 2.77. The Kier molecular flexibility index (Phi) is 2.51. The number of aromatic nitrogens is 2. The predicted molar refractivity (Wildman–Crippen MR) is 43.6 cm³/mol. The Hall–Kier alpha value is -0.280. The van der Waals surface area contributed by atoms with Crippen molar-refractivity contribution in [2.45, 2.75) is 11.8 Å². The molecule has 0 aliphatic carbocycles. The molecule has 0 aromatic carbocycles. The van der Waals surface area contributed by atoms with Crippen LogP contribution >= 0.6 is 23.4 Å². The van der Waals surface area contributed by atoms with Gasteiger partial charge in [0.2, 0.25) is 0 Å². The molecule has 0 unspecified atom stereocenters. The van der Waals surface area contributed by atoms with Crippen LogP contribution in [-0.2, 0) is 0 Å². The lowest BCUT2D eigenvalue weighted by Gasteiger charge is -1.97. The van der Waals surface area contributed by atoms with Gasteiger partial charge in [-0.05, 0) is 13.2 Å². The zero-order valence-electron chi connectivity index (χ0n) is 5.76. The minimum atomic E-state index is 0.542. The van der Waals surface area contributed by atoms with Crippen LogP contribution in [0, 0.1) is 6.92 Å². The lowest BCUT2D eigenvalue weighted by Crippen LogP contribution is -1.87. The fourth-order valence-corrected chi connectivity index (χ4v) is 1.34. The molecule has 1 rings (SSSR count). The van der Waals surface area contributed by atoms with Gasteiger partial charge in [-0.15, -0.1) is 11.8 Å². The monoisotopic (exact) mass is 174 g/mol. The zero-order valence-corrected chi connectivity index (χ0v) is 7.33. The zero-order chi connectivity index (χ0) is 7.56. The Morgan fingerprint density at radius 3 is 2.80 bits per heavy atom. The first-order chi connectivity index (χ1) is 4.74. The second-order valence-corrected chi connectivity index (χ2v) is 2.98. The van der Waals surface area contributed by atoms with E-state index in [1.54, 1.807) is 18.0 Å². The number of aryl methyl sites for hydroxylation is 1. The van der Waals surface area contributed by atoms with E-state index < -0.39 is 0 Å². The molecule has 0 radical (unpaired) electrons. The SMILES string of the molecule is CSc1cnc(C)nc1Cl. The molecule has 0 spiro atoms. The highest BCUT2D eigenvalue weighted by atomic mass is 35.5. The number of hydrogen-bond donors (Lipinski definition) is 0. The Morgan fingerprint density at radius 2 is 2.30 bits per heavy atom. The molecule has 0 fully saturated rings. The highest BCUT2D eigenvalue weighted by Gasteiger charge is 1.99. The maximum absolute atomic E-state index is 5.76. The molecule has 1 aromatic rings. The van der Waals surface area contributed by atoms with Crippen LogP contribution in [0.1, 0.15) is 5.82 Å². The summed E-state index contributed by atoms with van der Waals surface area (Å²) < 4.78 is 0. The van der Waals surface area contributed by atoms with Crippen LogP contribution in [0.15, 0.2) is 11.1 Å². The molecule has 0 bridgehead atoms. The van der Waals surface area contributed by atoms with E-state index in [0.717, 1.165) is 4.90 Å². The van der Waals surface area contributed by atoms with Crippen molar-refractivity contribution in [1.29, 1.82) is 0 Å². The molecular weight excluding hydrogens is 168 g/mol.